The van der Waals surface area contributed by atoms with Gasteiger partial charge in [-0.25, -0.2) is 4.98 Å². The molecule has 0 radical (unpaired) electrons. The molecule has 1 aromatic heterocycles. The Morgan fingerprint density at radius 3 is 2.53 bits per heavy atom. The predicted octanol–water partition coefficient (Wildman–Crippen LogP) is 2.81. The summed E-state index contributed by atoms with van der Waals surface area (Å²) in [7, 11) is 1.62. The van der Waals surface area contributed by atoms with Crippen molar-refractivity contribution in [2.24, 2.45) is 0 Å². The second-order valence-corrected chi connectivity index (χ2v) is 5.18. The summed E-state index contributed by atoms with van der Waals surface area (Å²) in [6.45, 7) is 5.94. The van der Waals surface area contributed by atoms with Crippen LogP contribution in [0.15, 0.2) is 12.3 Å². The molecular formula is C13H19NO3. The van der Waals surface area contributed by atoms with E-state index in [0.29, 0.717) is 17.4 Å². The Morgan fingerprint density at radius 2 is 2.00 bits per heavy atom. The average molecular weight is 237 g/mol. The van der Waals surface area contributed by atoms with E-state index in [4.69, 9.17) is 14.2 Å². The van der Waals surface area contributed by atoms with Gasteiger partial charge in [0, 0.05) is 12.3 Å². The zero-order valence-corrected chi connectivity index (χ0v) is 10.8. The zero-order chi connectivity index (χ0) is 12.5. The molecule has 4 heteroatoms. The SMILES string of the molecule is COc1ccnc(OC(C)(C)C)c1OC1CC1. The van der Waals surface area contributed by atoms with Gasteiger partial charge in [-0.1, -0.05) is 0 Å². The molecule has 94 valence electrons. The molecule has 0 bridgehead atoms. The molecule has 1 saturated carbocycles. The lowest BCUT2D eigenvalue weighted by Gasteiger charge is -2.22. The minimum atomic E-state index is -0.305. The maximum absolute atomic E-state index is 5.81. The summed E-state index contributed by atoms with van der Waals surface area (Å²) in [5, 5.41) is 0. The smallest absolute Gasteiger partial charge is 0.261 e. The van der Waals surface area contributed by atoms with Gasteiger partial charge in [-0.05, 0) is 33.6 Å². The van der Waals surface area contributed by atoms with E-state index in [-0.39, 0.29) is 11.7 Å². The van der Waals surface area contributed by atoms with Crippen LogP contribution in [0.25, 0.3) is 0 Å². The monoisotopic (exact) mass is 237 g/mol. The molecule has 0 N–H and O–H groups in total. The molecule has 4 nitrogen and oxygen atoms in total. The fraction of sp³-hybridized carbons (Fsp3) is 0.615. The molecule has 1 fully saturated rings. The second kappa shape index (κ2) is 4.43. The van der Waals surface area contributed by atoms with E-state index in [9.17, 15) is 0 Å². The topological polar surface area (TPSA) is 40.6 Å². The Kier molecular flexibility index (Phi) is 3.13. The van der Waals surface area contributed by atoms with Crippen LogP contribution in [0.4, 0.5) is 0 Å². The van der Waals surface area contributed by atoms with Crippen LogP contribution in [0.3, 0.4) is 0 Å². The van der Waals surface area contributed by atoms with E-state index in [1.165, 1.54) is 0 Å². The summed E-state index contributed by atoms with van der Waals surface area (Å²) in [5.41, 5.74) is -0.305. The number of methoxy groups -OCH3 is 1. The van der Waals surface area contributed by atoms with Gasteiger partial charge in [-0.3, -0.25) is 0 Å². The number of pyridine rings is 1. The Bertz CT molecular complexity index is 394. The molecule has 0 atom stereocenters. The van der Waals surface area contributed by atoms with Gasteiger partial charge in [0.05, 0.1) is 13.2 Å². The number of nitrogens with zero attached hydrogens (tertiary/aromatic N) is 1. The molecule has 1 aliphatic rings. The maximum Gasteiger partial charge on any atom is 0.261 e. The highest BCUT2D eigenvalue weighted by molar-refractivity contribution is 5.47. The van der Waals surface area contributed by atoms with Gasteiger partial charge in [-0.2, -0.15) is 0 Å². The Morgan fingerprint density at radius 1 is 1.29 bits per heavy atom. The third kappa shape index (κ3) is 3.25. The van der Waals surface area contributed by atoms with Crippen LogP contribution in [0.5, 0.6) is 17.4 Å². The van der Waals surface area contributed by atoms with E-state index in [0.717, 1.165) is 12.8 Å². The quantitative estimate of drug-likeness (QED) is 0.807. The summed E-state index contributed by atoms with van der Waals surface area (Å²) in [5.74, 6) is 1.79. The van der Waals surface area contributed by atoms with Gasteiger partial charge in [-0.15, -0.1) is 0 Å². The van der Waals surface area contributed by atoms with E-state index in [2.05, 4.69) is 4.98 Å². The van der Waals surface area contributed by atoms with Crippen molar-refractivity contribution in [3.8, 4) is 17.4 Å². The number of aromatic nitrogens is 1. The first-order valence-electron chi connectivity index (χ1n) is 5.88. The van der Waals surface area contributed by atoms with E-state index in [1.54, 1.807) is 19.4 Å². The molecule has 1 aliphatic carbocycles. The lowest BCUT2D eigenvalue weighted by molar-refractivity contribution is 0.114. The number of hydrogen-bond acceptors (Lipinski definition) is 4. The van der Waals surface area contributed by atoms with Crippen LogP contribution in [-0.4, -0.2) is 23.8 Å². The normalized spacial score (nSPS) is 15.5. The molecule has 0 unspecified atom stereocenters. The van der Waals surface area contributed by atoms with Crippen molar-refractivity contribution >= 4 is 0 Å². The van der Waals surface area contributed by atoms with Crippen LogP contribution in [0, 0.1) is 0 Å². The lowest BCUT2D eigenvalue weighted by Crippen LogP contribution is -2.24. The first-order chi connectivity index (χ1) is 7.99. The molecule has 0 aliphatic heterocycles. The van der Waals surface area contributed by atoms with Crippen LogP contribution >= 0.6 is 0 Å². The van der Waals surface area contributed by atoms with Gasteiger partial charge in [0.1, 0.15) is 5.60 Å². The van der Waals surface area contributed by atoms with E-state index in [1.807, 2.05) is 20.8 Å². The molecule has 0 amide bonds. The van der Waals surface area contributed by atoms with Crippen molar-refractivity contribution in [3.05, 3.63) is 12.3 Å². The van der Waals surface area contributed by atoms with Gasteiger partial charge in [0.25, 0.3) is 5.88 Å². The molecule has 0 saturated heterocycles. The molecule has 17 heavy (non-hydrogen) atoms. The summed E-state index contributed by atoms with van der Waals surface area (Å²) < 4.78 is 16.9. The number of hydrogen-bond donors (Lipinski definition) is 0. The molecule has 1 heterocycles. The fourth-order valence-electron chi connectivity index (χ4n) is 1.40. The summed E-state index contributed by atoms with van der Waals surface area (Å²) in [6, 6.07) is 1.78. The Labute approximate surface area is 102 Å². The highest BCUT2D eigenvalue weighted by atomic mass is 16.6. The van der Waals surface area contributed by atoms with Gasteiger partial charge < -0.3 is 14.2 Å². The Hall–Kier alpha value is -1.45. The largest absolute Gasteiger partial charge is 0.493 e. The highest BCUT2D eigenvalue weighted by Gasteiger charge is 2.28. The molecule has 0 spiro atoms. The van der Waals surface area contributed by atoms with E-state index >= 15 is 0 Å². The Balaban J connectivity index is 2.28. The highest BCUT2D eigenvalue weighted by Crippen LogP contribution is 2.40. The minimum Gasteiger partial charge on any atom is -0.493 e. The first kappa shape index (κ1) is 12.0. The third-order valence-corrected chi connectivity index (χ3v) is 2.27. The third-order valence-electron chi connectivity index (χ3n) is 2.27. The maximum atomic E-state index is 5.81. The zero-order valence-electron chi connectivity index (χ0n) is 10.8. The standard InChI is InChI=1S/C13H19NO3/c1-13(2,3)17-12-11(16-9-5-6-9)10(15-4)7-8-14-12/h7-9H,5-6H2,1-4H3. The predicted molar refractivity (Wildman–Crippen MR) is 64.8 cm³/mol. The van der Waals surface area contributed by atoms with Crippen molar-refractivity contribution in [3.63, 3.8) is 0 Å². The first-order valence-corrected chi connectivity index (χ1v) is 5.88. The average Bonchev–Trinajstić information content (AvgIpc) is 3.02. The molecular weight excluding hydrogens is 218 g/mol. The number of rotatable bonds is 4. The summed E-state index contributed by atoms with van der Waals surface area (Å²) >= 11 is 0. The summed E-state index contributed by atoms with van der Waals surface area (Å²) in [4.78, 5) is 4.23. The van der Waals surface area contributed by atoms with Gasteiger partial charge in [0.2, 0.25) is 5.75 Å². The van der Waals surface area contributed by atoms with E-state index < -0.39 is 0 Å². The second-order valence-electron chi connectivity index (χ2n) is 5.18. The minimum absolute atomic E-state index is 0.287. The van der Waals surface area contributed by atoms with Crippen molar-refractivity contribution in [2.75, 3.05) is 7.11 Å². The van der Waals surface area contributed by atoms with Crippen LogP contribution in [0.2, 0.25) is 0 Å². The van der Waals surface area contributed by atoms with Crippen LogP contribution in [-0.2, 0) is 0 Å². The van der Waals surface area contributed by atoms with Gasteiger partial charge in [0.15, 0.2) is 5.75 Å². The van der Waals surface area contributed by atoms with Crippen molar-refractivity contribution < 1.29 is 14.2 Å². The number of ether oxygens (including phenoxy) is 3. The molecule has 0 aromatic carbocycles. The van der Waals surface area contributed by atoms with Crippen molar-refractivity contribution in [1.82, 2.24) is 4.98 Å². The van der Waals surface area contributed by atoms with Gasteiger partial charge >= 0.3 is 0 Å². The molecule has 2 rings (SSSR count). The van der Waals surface area contributed by atoms with Crippen molar-refractivity contribution in [2.45, 2.75) is 45.3 Å². The van der Waals surface area contributed by atoms with Crippen LogP contribution < -0.4 is 14.2 Å². The van der Waals surface area contributed by atoms with Crippen LogP contribution in [0.1, 0.15) is 33.6 Å². The van der Waals surface area contributed by atoms with Crippen molar-refractivity contribution in [1.29, 1.82) is 0 Å². The summed E-state index contributed by atoms with van der Waals surface area (Å²) in [6.07, 6.45) is 4.13. The molecule has 1 aromatic rings. The fourth-order valence-corrected chi connectivity index (χ4v) is 1.40. The lowest BCUT2D eigenvalue weighted by atomic mass is 10.2.